The third-order valence-electron chi connectivity index (χ3n) is 4.48. The molecule has 0 radical (unpaired) electrons. The van der Waals surface area contributed by atoms with Gasteiger partial charge in [-0.2, -0.15) is 0 Å². The number of hydrogen-bond acceptors (Lipinski definition) is 4. The number of rotatable bonds is 9. The third kappa shape index (κ3) is 8.31. The Morgan fingerprint density at radius 2 is 1.92 bits per heavy atom. The summed E-state index contributed by atoms with van der Waals surface area (Å²) in [5, 5.41) is 6.75. The van der Waals surface area contributed by atoms with E-state index >= 15 is 0 Å². The van der Waals surface area contributed by atoms with Crippen LogP contribution < -0.4 is 10.6 Å². The fourth-order valence-electron chi connectivity index (χ4n) is 2.82. The summed E-state index contributed by atoms with van der Waals surface area (Å²) >= 11 is 0. The lowest BCUT2D eigenvalue weighted by Gasteiger charge is -2.36. The predicted molar refractivity (Wildman–Crippen MR) is 109 cm³/mol. The maximum absolute atomic E-state index is 5.77. The maximum atomic E-state index is 5.77. The Bertz CT molecular complexity index is 348. The summed E-state index contributed by atoms with van der Waals surface area (Å²) in [5.41, 5.74) is -0.151. The standard InChI is InChI=1S/C17H35N3O3.HI/c1-6-23-15(14(2)3)7-10-19-16(18-4)20-13-17(21-5)8-11-22-12-9-17;/h14-15H,6-13H2,1-5H3,(H2,18,19,20);1H. The number of ether oxygens (including phenoxy) is 3. The van der Waals surface area contributed by atoms with Crippen LogP contribution in [-0.2, 0) is 14.2 Å². The summed E-state index contributed by atoms with van der Waals surface area (Å²) in [7, 11) is 3.57. The fourth-order valence-corrected chi connectivity index (χ4v) is 2.82. The van der Waals surface area contributed by atoms with Crippen LogP contribution in [0.2, 0.25) is 0 Å². The molecule has 144 valence electrons. The van der Waals surface area contributed by atoms with Crippen LogP contribution in [0.25, 0.3) is 0 Å². The van der Waals surface area contributed by atoms with Gasteiger partial charge in [0.25, 0.3) is 0 Å². The Labute approximate surface area is 164 Å². The van der Waals surface area contributed by atoms with Crippen molar-refractivity contribution in [3.8, 4) is 0 Å². The molecule has 24 heavy (non-hydrogen) atoms. The molecule has 6 nitrogen and oxygen atoms in total. The van der Waals surface area contributed by atoms with Gasteiger partial charge < -0.3 is 24.8 Å². The Morgan fingerprint density at radius 1 is 1.25 bits per heavy atom. The van der Waals surface area contributed by atoms with E-state index in [-0.39, 0.29) is 35.7 Å². The lowest BCUT2D eigenvalue weighted by Crippen LogP contribution is -2.51. The zero-order valence-electron chi connectivity index (χ0n) is 15.9. The van der Waals surface area contributed by atoms with E-state index in [1.54, 1.807) is 14.2 Å². The van der Waals surface area contributed by atoms with Gasteiger partial charge in [-0.3, -0.25) is 4.99 Å². The molecule has 0 aromatic rings. The fraction of sp³-hybridized carbons (Fsp3) is 0.941. The number of nitrogens with zero attached hydrogens (tertiary/aromatic N) is 1. The molecule has 0 aromatic carbocycles. The van der Waals surface area contributed by atoms with Crippen molar-refractivity contribution in [1.29, 1.82) is 0 Å². The first-order valence-corrected chi connectivity index (χ1v) is 8.76. The van der Waals surface area contributed by atoms with E-state index in [1.807, 2.05) is 6.92 Å². The molecular weight excluding hydrogens is 421 g/mol. The first-order valence-electron chi connectivity index (χ1n) is 8.76. The number of nitrogens with one attached hydrogen (secondary N) is 2. The molecule has 0 spiro atoms. The highest BCUT2D eigenvalue weighted by molar-refractivity contribution is 14.0. The van der Waals surface area contributed by atoms with Crippen LogP contribution in [-0.4, -0.2) is 64.7 Å². The summed E-state index contributed by atoms with van der Waals surface area (Å²) in [5.74, 6) is 1.33. The largest absolute Gasteiger partial charge is 0.381 e. The minimum absolute atomic E-state index is 0. The number of guanidine groups is 1. The highest BCUT2D eigenvalue weighted by atomic mass is 127. The Hall–Kier alpha value is -0.120. The third-order valence-corrected chi connectivity index (χ3v) is 4.48. The van der Waals surface area contributed by atoms with Gasteiger partial charge in [0.05, 0.1) is 11.7 Å². The van der Waals surface area contributed by atoms with Crippen LogP contribution in [0.3, 0.4) is 0 Å². The number of hydrogen-bond donors (Lipinski definition) is 2. The van der Waals surface area contributed by atoms with Gasteiger partial charge in [0.2, 0.25) is 0 Å². The zero-order valence-corrected chi connectivity index (χ0v) is 18.2. The van der Waals surface area contributed by atoms with Gasteiger partial charge >= 0.3 is 0 Å². The van der Waals surface area contributed by atoms with Crippen molar-refractivity contribution in [3.63, 3.8) is 0 Å². The summed E-state index contributed by atoms with van der Waals surface area (Å²) in [6.45, 7) is 10.3. The molecule has 1 rings (SSSR count). The molecule has 0 amide bonds. The Kier molecular flexibility index (Phi) is 13.1. The molecule has 0 bridgehead atoms. The van der Waals surface area contributed by atoms with Crippen molar-refractivity contribution >= 4 is 29.9 Å². The summed E-state index contributed by atoms with van der Waals surface area (Å²) in [6.07, 6.45) is 3.07. The topological polar surface area (TPSA) is 64.1 Å². The van der Waals surface area contributed by atoms with Gasteiger partial charge in [0.15, 0.2) is 5.96 Å². The monoisotopic (exact) mass is 457 g/mol. The van der Waals surface area contributed by atoms with Crippen LogP contribution in [0, 0.1) is 5.92 Å². The van der Waals surface area contributed by atoms with Gasteiger partial charge in [0.1, 0.15) is 0 Å². The normalized spacial score (nSPS) is 18.8. The molecule has 0 aliphatic carbocycles. The van der Waals surface area contributed by atoms with E-state index in [1.165, 1.54) is 0 Å². The molecule has 1 saturated heterocycles. The molecule has 1 heterocycles. The first kappa shape index (κ1) is 23.9. The van der Waals surface area contributed by atoms with Crippen LogP contribution in [0.15, 0.2) is 4.99 Å². The minimum atomic E-state index is -0.151. The Morgan fingerprint density at radius 3 is 2.42 bits per heavy atom. The number of halogens is 1. The zero-order chi connectivity index (χ0) is 17.1. The first-order chi connectivity index (χ1) is 11.1. The molecule has 1 unspecified atom stereocenters. The molecule has 0 saturated carbocycles. The van der Waals surface area contributed by atoms with Crippen LogP contribution in [0.1, 0.15) is 40.0 Å². The smallest absolute Gasteiger partial charge is 0.191 e. The van der Waals surface area contributed by atoms with Crippen molar-refractivity contribution < 1.29 is 14.2 Å². The average Bonchev–Trinajstić information content (AvgIpc) is 2.57. The molecular formula is C17H36IN3O3. The van der Waals surface area contributed by atoms with Crippen LogP contribution in [0.4, 0.5) is 0 Å². The summed E-state index contributed by atoms with van der Waals surface area (Å²) < 4.78 is 16.9. The second-order valence-electron chi connectivity index (χ2n) is 6.38. The average molecular weight is 457 g/mol. The highest BCUT2D eigenvalue weighted by Gasteiger charge is 2.32. The van der Waals surface area contributed by atoms with Crippen molar-refractivity contribution in [3.05, 3.63) is 0 Å². The van der Waals surface area contributed by atoms with Gasteiger partial charge in [-0.15, -0.1) is 24.0 Å². The van der Waals surface area contributed by atoms with Crippen LogP contribution in [0.5, 0.6) is 0 Å². The molecule has 1 fully saturated rings. The van der Waals surface area contributed by atoms with Crippen molar-refractivity contribution in [2.75, 3.05) is 47.1 Å². The SMILES string of the molecule is CCOC(CCNC(=NC)NCC1(OC)CCOCC1)C(C)C.I. The van der Waals surface area contributed by atoms with E-state index in [2.05, 4.69) is 29.5 Å². The highest BCUT2D eigenvalue weighted by Crippen LogP contribution is 2.23. The molecule has 0 aromatic heterocycles. The molecule has 2 N–H and O–H groups in total. The molecule has 1 aliphatic heterocycles. The van der Waals surface area contributed by atoms with E-state index in [4.69, 9.17) is 14.2 Å². The van der Waals surface area contributed by atoms with Crippen molar-refractivity contribution in [1.82, 2.24) is 10.6 Å². The molecule has 1 atom stereocenters. The quantitative estimate of drug-likeness (QED) is 0.316. The van der Waals surface area contributed by atoms with Gasteiger partial charge in [-0.05, 0) is 19.3 Å². The van der Waals surface area contributed by atoms with E-state index < -0.39 is 0 Å². The number of aliphatic imine (C=N–C) groups is 1. The van der Waals surface area contributed by atoms with E-state index in [0.29, 0.717) is 5.92 Å². The van der Waals surface area contributed by atoms with Crippen molar-refractivity contribution in [2.24, 2.45) is 10.9 Å². The van der Waals surface area contributed by atoms with Gasteiger partial charge in [0, 0.05) is 59.9 Å². The van der Waals surface area contributed by atoms with E-state index in [0.717, 1.165) is 58.1 Å². The predicted octanol–water partition coefficient (Wildman–Crippen LogP) is 2.42. The lowest BCUT2D eigenvalue weighted by molar-refractivity contribution is -0.0855. The van der Waals surface area contributed by atoms with Gasteiger partial charge in [-0.25, -0.2) is 0 Å². The second-order valence-corrected chi connectivity index (χ2v) is 6.38. The van der Waals surface area contributed by atoms with Crippen LogP contribution >= 0.6 is 24.0 Å². The Balaban J connectivity index is 0.00000529. The van der Waals surface area contributed by atoms with Crippen molar-refractivity contribution in [2.45, 2.75) is 51.7 Å². The molecule has 1 aliphatic rings. The van der Waals surface area contributed by atoms with E-state index in [9.17, 15) is 0 Å². The summed E-state index contributed by atoms with van der Waals surface area (Å²) in [6, 6.07) is 0. The lowest BCUT2D eigenvalue weighted by atomic mass is 9.94. The van der Waals surface area contributed by atoms with Gasteiger partial charge in [-0.1, -0.05) is 13.8 Å². The second kappa shape index (κ2) is 13.1. The molecule has 7 heteroatoms. The minimum Gasteiger partial charge on any atom is -0.381 e. The summed E-state index contributed by atoms with van der Waals surface area (Å²) in [4.78, 5) is 4.29. The maximum Gasteiger partial charge on any atom is 0.191 e. The number of methoxy groups -OCH3 is 1.